The van der Waals surface area contributed by atoms with Crippen LogP contribution in [0.5, 0.6) is 0 Å². The lowest BCUT2D eigenvalue weighted by molar-refractivity contribution is 0.112. The maximum Gasteiger partial charge on any atom is 0.151 e. The molecule has 0 aliphatic heterocycles. The van der Waals surface area contributed by atoms with Crippen LogP contribution >= 0.6 is 0 Å². The quantitative estimate of drug-likeness (QED) is 0.666. The van der Waals surface area contributed by atoms with Crippen LogP contribution in [-0.4, -0.2) is 15.8 Å². The fourth-order valence-electron chi connectivity index (χ4n) is 2.50. The number of pyridine rings is 1. The zero-order valence-electron chi connectivity index (χ0n) is 10.9. The molecule has 20 heavy (non-hydrogen) atoms. The van der Waals surface area contributed by atoms with Crippen LogP contribution < -0.4 is 0 Å². The summed E-state index contributed by atoms with van der Waals surface area (Å²) < 4.78 is 1.96. The Labute approximate surface area is 115 Å². The molecule has 0 unspecified atom stereocenters. The first-order chi connectivity index (χ1) is 9.76. The van der Waals surface area contributed by atoms with Crippen LogP contribution in [0.1, 0.15) is 15.9 Å². The molecule has 3 rings (SSSR count). The predicted octanol–water partition coefficient (Wildman–Crippen LogP) is 2.92. The van der Waals surface area contributed by atoms with Crippen molar-refractivity contribution in [3.63, 3.8) is 0 Å². The van der Waals surface area contributed by atoms with Gasteiger partial charge < -0.3 is 4.57 Å². The van der Waals surface area contributed by atoms with Gasteiger partial charge in [0, 0.05) is 41.5 Å². The van der Waals surface area contributed by atoms with Gasteiger partial charge in [0.05, 0.1) is 11.3 Å². The lowest BCUT2D eigenvalue weighted by atomic mass is 10.1. The molecule has 0 saturated carbocycles. The summed E-state index contributed by atoms with van der Waals surface area (Å²) >= 11 is 0. The van der Waals surface area contributed by atoms with Crippen LogP contribution in [0.25, 0.3) is 22.2 Å². The Kier molecular flexibility index (Phi) is 2.81. The number of nitrogens with zero attached hydrogens (tertiary/aromatic N) is 3. The lowest BCUT2D eigenvalue weighted by Gasteiger charge is -2.05. The monoisotopic (exact) mass is 261 g/mol. The first-order valence-corrected chi connectivity index (χ1v) is 6.14. The van der Waals surface area contributed by atoms with Crippen LogP contribution in [0.2, 0.25) is 0 Å². The second kappa shape index (κ2) is 4.63. The van der Waals surface area contributed by atoms with Gasteiger partial charge in [-0.3, -0.25) is 9.78 Å². The molecular weight excluding hydrogens is 250 g/mol. The molecule has 0 atom stereocenters. The lowest BCUT2D eigenvalue weighted by Crippen LogP contribution is -1.94. The molecule has 0 bridgehead atoms. The van der Waals surface area contributed by atoms with E-state index in [2.05, 4.69) is 11.1 Å². The number of carbonyl (C=O) groups excluding carboxylic acids is 1. The van der Waals surface area contributed by atoms with Gasteiger partial charge in [0.1, 0.15) is 6.07 Å². The van der Waals surface area contributed by atoms with Crippen LogP contribution in [0, 0.1) is 11.3 Å². The van der Waals surface area contributed by atoms with Crippen LogP contribution in [-0.2, 0) is 7.05 Å². The summed E-state index contributed by atoms with van der Waals surface area (Å²) in [5.74, 6) is 0. The van der Waals surface area contributed by atoms with Crippen molar-refractivity contribution in [1.29, 1.82) is 5.26 Å². The molecule has 0 N–H and O–H groups in total. The highest BCUT2D eigenvalue weighted by molar-refractivity contribution is 5.94. The standard InChI is InChI=1S/C16H11N3O/c1-19-15-5-3-2-4-13(15)14(7-17)16(19)12-6-11(10-20)8-18-9-12/h2-6,8-10H,1H3. The largest absolute Gasteiger partial charge is 0.342 e. The van der Waals surface area contributed by atoms with Crippen molar-refractivity contribution in [3.05, 3.63) is 53.9 Å². The van der Waals surface area contributed by atoms with Gasteiger partial charge in [0.25, 0.3) is 0 Å². The summed E-state index contributed by atoms with van der Waals surface area (Å²) in [5, 5.41) is 10.4. The van der Waals surface area contributed by atoms with Gasteiger partial charge >= 0.3 is 0 Å². The van der Waals surface area contributed by atoms with E-state index in [1.54, 1.807) is 12.3 Å². The second-order valence-electron chi connectivity index (χ2n) is 4.54. The summed E-state index contributed by atoms with van der Waals surface area (Å²) in [6.45, 7) is 0. The van der Waals surface area contributed by atoms with E-state index >= 15 is 0 Å². The number of benzene rings is 1. The number of carbonyl (C=O) groups is 1. The van der Waals surface area contributed by atoms with E-state index in [0.29, 0.717) is 11.1 Å². The highest BCUT2D eigenvalue weighted by atomic mass is 16.1. The Hall–Kier alpha value is -2.93. The topological polar surface area (TPSA) is 58.7 Å². The zero-order valence-corrected chi connectivity index (χ0v) is 10.9. The number of aryl methyl sites for hydroxylation is 1. The molecule has 3 aromatic rings. The second-order valence-corrected chi connectivity index (χ2v) is 4.54. The fraction of sp³-hybridized carbons (Fsp3) is 0.0625. The third-order valence-electron chi connectivity index (χ3n) is 3.39. The Morgan fingerprint density at radius 2 is 2.10 bits per heavy atom. The number of rotatable bonds is 2. The van der Waals surface area contributed by atoms with E-state index in [4.69, 9.17) is 0 Å². The number of hydrogen-bond donors (Lipinski definition) is 0. The smallest absolute Gasteiger partial charge is 0.151 e. The maximum atomic E-state index is 10.9. The zero-order chi connectivity index (χ0) is 14.1. The first kappa shape index (κ1) is 12.1. The molecule has 0 radical (unpaired) electrons. The van der Waals surface area contributed by atoms with Crippen molar-refractivity contribution in [2.45, 2.75) is 0 Å². The van der Waals surface area contributed by atoms with E-state index in [9.17, 15) is 10.1 Å². The van der Waals surface area contributed by atoms with Crippen LogP contribution in [0.4, 0.5) is 0 Å². The molecule has 0 aliphatic carbocycles. The number of aromatic nitrogens is 2. The van der Waals surface area contributed by atoms with Gasteiger partial charge in [0.15, 0.2) is 6.29 Å². The number of para-hydroxylation sites is 1. The Morgan fingerprint density at radius 1 is 1.30 bits per heavy atom. The maximum absolute atomic E-state index is 10.9. The number of nitriles is 1. The Morgan fingerprint density at radius 3 is 2.85 bits per heavy atom. The van der Waals surface area contributed by atoms with Crippen LogP contribution in [0.3, 0.4) is 0 Å². The summed E-state index contributed by atoms with van der Waals surface area (Å²) in [6, 6.07) is 11.7. The molecule has 4 heteroatoms. The van der Waals surface area contributed by atoms with Gasteiger partial charge in [-0.2, -0.15) is 5.26 Å². The molecule has 96 valence electrons. The molecule has 2 aromatic heterocycles. The van der Waals surface area contributed by atoms with Crippen molar-refractivity contribution in [2.75, 3.05) is 0 Å². The summed E-state index contributed by atoms with van der Waals surface area (Å²) in [6.07, 6.45) is 3.93. The minimum atomic E-state index is 0.497. The molecule has 0 amide bonds. The van der Waals surface area contributed by atoms with E-state index < -0.39 is 0 Å². The average molecular weight is 261 g/mol. The molecule has 0 saturated heterocycles. The minimum absolute atomic E-state index is 0.497. The fourth-order valence-corrected chi connectivity index (χ4v) is 2.50. The third-order valence-corrected chi connectivity index (χ3v) is 3.39. The van der Waals surface area contributed by atoms with Gasteiger partial charge in [-0.25, -0.2) is 0 Å². The molecule has 1 aromatic carbocycles. The average Bonchev–Trinajstić information content (AvgIpc) is 2.80. The highest BCUT2D eigenvalue weighted by Gasteiger charge is 2.16. The van der Waals surface area contributed by atoms with E-state index in [1.807, 2.05) is 35.9 Å². The molecule has 0 aliphatic rings. The van der Waals surface area contributed by atoms with Gasteiger partial charge in [-0.1, -0.05) is 18.2 Å². The van der Waals surface area contributed by atoms with Gasteiger partial charge in [-0.15, -0.1) is 0 Å². The third kappa shape index (κ3) is 1.69. The highest BCUT2D eigenvalue weighted by Crippen LogP contribution is 2.32. The summed E-state index contributed by atoms with van der Waals surface area (Å²) in [5.41, 5.74) is 3.63. The molecule has 2 heterocycles. The predicted molar refractivity (Wildman–Crippen MR) is 76.3 cm³/mol. The Bertz CT molecular complexity index is 856. The van der Waals surface area contributed by atoms with Crippen molar-refractivity contribution in [3.8, 4) is 17.3 Å². The summed E-state index contributed by atoms with van der Waals surface area (Å²) in [7, 11) is 1.91. The molecule has 0 fully saturated rings. The number of hydrogen-bond acceptors (Lipinski definition) is 3. The normalized spacial score (nSPS) is 10.4. The number of aldehydes is 1. The minimum Gasteiger partial charge on any atom is -0.342 e. The first-order valence-electron chi connectivity index (χ1n) is 6.14. The van der Waals surface area contributed by atoms with E-state index in [0.717, 1.165) is 28.4 Å². The summed E-state index contributed by atoms with van der Waals surface area (Å²) in [4.78, 5) is 15.0. The van der Waals surface area contributed by atoms with E-state index in [1.165, 1.54) is 6.20 Å². The Balaban J connectivity index is 2.38. The SMILES string of the molecule is Cn1c(-c2cncc(C=O)c2)c(C#N)c2ccccc21. The molecule has 0 spiro atoms. The van der Waals surface area contributed by atoms with E-state index in [-0.39, 0.29) is 0 Å². The molecule has 4 nitrogen and oxygen atoms in total. The van der Waals surface area contributed by atoms with Crippen molar-refractivity contribution < 1.29 is 4.79 Å². The van der Waals surface area contributed by atoms with Gasteiger partial charge in [0.2, 0.25) is 0 Å². The van der Waals surface area contributed by atoms with Crippen molar-refractivity contribution >= 4 is 17.2 Å². The van der Waals surface area contributed by atoms with Crippen LogP contribution in [0.15, 0.2) is 42.7 Å². The van der Waals surface area contributed by atoms with Crippen molar-refractivity contribution in [2.24, 2.45) is 7.05 Å². The molecular formula is C16H11N3O. The van der Waals surface area contributed by atoms with Crippen molar-refractivity contribution in [1.82, 2.24) is 9.55 Å². The number of fused-ring (bicyclic) bond motifs is 1. The van der Waals surface area contributed by atoms with Gasteiger partial charge in [-0.05, 0) is 12.1 Å².